The summed E-state index contributed by atoms with van der Waals surface area (Å²) in [6.45, 7) is 0. The predicted molar refractivity (Wildman–Crippen MR) is 48.4 cm³/mol. The molecule has 1 atom stereocenters. The summed E-state index contributed by atoms with van der Waals surface area (Å²) < 4.78 is 0. The van der Waals surface area contributed by atoms with Gasteiger partial charge < -0.3 is 11.5 Å². The van der Waals surface area contributed by atoms with Gasteiger partial charge in [-0.25, -0.2) is 0 Å². The van der Waals surface area contributed by atoms with Crippen molar-refractivity contribution >= 4 is 17.0 Å². The molecule has 2 rings (SSSR count). The number of nitrogen functional groups attached to an aromatic ring is 1. The van der Waals surface area contributed by atoms with Gasteiger partial charge in [-0.2, -0.15) is 0 Å². The lowest BCUT2D eigenvalue weighted by Crippen LogP contribution is -2.10. The smallest absolute Gasteiger partial charge is 0.0426 e. The van der Waals surface area contributed by atoms with Gasteiger partial charge in [-0.05, 0) is 24.8 Å². The molecule has 0 spiro atoms. The second-order valence-corrected chi connectivity index (χ2v) is 4.09. The molecule has 0 aromatic carbocycles. The topological polar surface area (TPSA) is 52.0 Å². The minimum atomic E-state index is 0.247. The third-order valence-electron chi connectivity index (χ3n) is 2.10. The lowest BCUT2D eigenvalue weighted by atomic mass is 10.1. The average molecular weight is 168 g/mol. The van der Waals surface area contributed by atoms with Gasteiger partial charge in [0.25, 0.3) is 0 Å². The molecule has 1 aromatic heterocycles. The number of thiophene rings is 1. The van der Waals surface area contributed by atoms with Crippen LogP contribution >= 0.6 is 11.3 Å². The first-order chi connectivity index (χ1) is 5.27. The van der Waals surface area contributed by atoms with Gasteiger partial charge in [0.05, 0.1) is 0 Å². The molecule has 1 aliphatic rings. The van der Waals surface area contributed by atoms with Gasteiger partial charge in [0.15, 0.2) is 0 Å². The lowest BCUT2D eigenvalue weighted by Gasteiger charge is -2.05. The van der Waals surface area contributed by atoms with Gasteiger partial charge in [0.2, 0.25) is 0 Å². The Morgan fingerprint density at radius 3 is 2.73 bits per heavy atom. The zero-order valence-corrected chi connectivity index (χ0v) is 7.10. The summed E-state index contributed by atoms with van der Waals surface area (Å²) in [6.07, 6.45) is 2.58. The zero-order chi connectivity index (χ0) is 7.84. The fraction of sp³-hybridized carbons (Fsp3) is 0.500. The Balaban J connectivity index is 2.14. The molecule has 2 nitrogen and oxygen atoms in total. The van der Waals surface area contributed by atoms with E-state index in [9.17, 15) is 0 Å². The quantitative estimate of drug-likeness (QED) is 0.706. The number of hydrogen-bond acceptors (Lipinski definition) is 3. The standard InChI is InChI=1S/C8H12N2S/c9-6-3-7(11-4-6)8(10)5-1-2-5/h3-5,8H,1-2,9-10H2/t8-/m1/s1. The molecule has 1 aliphatic carbocycles. The van der Waals surface area contributed by atoms with E-state index in [1.54, 1.807) is 11.3 Å². The van der Waals surface area contributed by atoms with Crippen molar-refractivity contribution < 1.29 is 0 Å². The SMILES string of the molecule is Nc1csc([C@H](N)C2CC2)c1. The summed E-state index contributed by atoms with van der Waals surface area (Å²) >= 11 is 1.68. The van der Waals surface area contributed by atoms with Gasteiger partial charge in [-0.1, -0.05) is 0 Å². The maximum atomic E-state index is 5.97. The highest BCUT2D eigenvalue weighted by Crippen LogP contribution is 2.41. The van der Waals surface area contributed by atoms with E-state index < -0.39 is 0 Å². The van der Waals surface area contributed by atoms with Crippen LogP contribution in [0.1, 0.15) is 23.8 Å². The molecular weight excluding hydrogens is 156 g/mol. The lowest BCUT2D eigenvalue weighted by molar-refractivity contribution is 0.645. The van der Waals surface area contributed by atoms with Crippen molar-refractivity contribution in [1.29, 1.82) is 0 Å². The van der Waals surface area contributed by atoms with Crippen molar-refractivity contribution in [2.75, 3.05) is 5.73 Å². The van der Waals surface area contributed by atoms with Gasteiger partial charge >= 0.3 is 0 Å². The van der Waals surface area contributed by atoms with E-state index >= 15 is 0 Å². The number of hydrogen-bond donors (Lipinski definition) is 2. The average Bonchev–Trinajstić information content (AvgIpc) is 2.74. The fourth-order valence-electron chi connectivity index (χ4n) is 1.23. The van der Waals surface area contributed by atoms with Crippen LogP contribution in [0.4, 0.5) is 5.69 Å². The number of anilines is 1. The van der Waals surface area contributed by atoms with Crippen LogP contribution in [-0.2, 0) is 0 Å². The van der Waals surface area contributed by atoms with E-state index in [1.165, 1.54) is 17.7 Å². The Hall–Kier alpha value is -0.540. The van der Waals surface area contributed by atoms with Crippen LogP contribution in [0.5, 0.6) is 0 Å². The molecule has 1 heterocycles. The minimum Gasteiger partial charge on any atom is -0.398 e. The Kier molecular flexibility index (Phi) is 1.62. The highest BCUT2D eigenvalue weighted by Gasteiger charge is 2.30. The van der Waals surface area contributed by atoms with E-state index in [0.29, 0.717) is 0 Å². The molecule has 0 radical (unpaired) electrons. The van der Waals surface area contributed by atoms with Crippen molar-refractivity contribution in [2.24, 2.45) is 11.7 Å². The maximum Gasteiger partial charge on any atom is 0.0426 e. The first-order valence-electron chi connectivity index (χ1n) is 3.87. The Morgan fingerprint density at radius 2 is 2.27 bits per heavy atom. The molecule has 1 fully saturated rings. The van der Waals surface area contributed by atoms with Crippen LogP contribution in [-0.4, -0.2) is 0 Å². The summed E-state index contributed by atoms with van der Waals surface area (Å²) in [6, 6.07) is 2.24. The Morgan fingerprint density at radius 1 is 1.55 bits per heavy atom. The number of rotatable bonds is 2. The Labute approximate surface area is 70.2 Å². The Bertz CT molecular complexity index is 252. The first-order valence-corrected chi connectivity index (χ1v) is 4.75. The van der Waals surface area contributed by atoms with Crippen LogP contribution in [0, 0.1) is 5.92 Å². The van der Waals surface area contributed by atoms with Crippen molar-refractivity contribution in [3.8, 4) is 0 Å². The molecule has 0 bridgehead atoms. The highest BCUT2D eigenvalue weighted by molar-refractivity contribution is 7.10. The van der Waals surface area contributed by atoms with Gasteiger partial charge in [0.1, 0.15) is 0 Å². The summed E-state index contributed by atoms with van der Waals surface area (Å²) in [4.78, 5) is 1.24. The van der Waals surface area contributed by atoms with Gasteiger partial charge in [0, 0.05) is 22.0 Å². The molecule has 3 heteroatoms. The maximum absolute atomic E-state index is 5.97. The monoisotopic (exact) mass is 168 g/mol. The highest BCUT2D eigenvalue weighted by atomic mass is 32.1. The molecule has 0 saturated heterocycles. The van der Waals surface area contributed by atoms with Crippen molar-refractivity contribution in [3.63, 3.8) is 0 Å². The largest absolute Gasteiger partial charge is 0.398 e. The summed E-state index contributed by atoms with van der Waals surface area (Å²) in [5, 5.41) is 1.96. The van der Waals surface area contributed by atoms with E-state index in [4.69, 9.17) is 11.5 Å². The molecular formula is C8H12N2S. The third kappa shape index (κ3) is 1.39. The van der Waals surface area contributed by atoms with E-state index in [1.807, 2.05) is 11.4 Å². The van der Waals surface area contributed by atoms with Crippen LogP contribution < -0.4 is 11.5 Å². The molecule has 0 aliphatic heterocycles. The molecule has 0 unspecified atom stereocenters. The molecule has 60 valence electrons. The molecule has 11 heavy (non-hydrogen) atoms. The van der Waals surface area contributed by atoms with Crippen LogP contribution in [0.25, 0.3) is 0 Å². The number of nitrogens with two attached hydrogens (primary N) is 2. The second-order valence-electron chi connectivity index (χ2n) is 3.15. The molecule has 1 saturated carbocycles. The van der Waals surface area contributed by atoms with E-state index in [0.717, 1.165) is 11.6 Å². The second kappa shape index (κ2) is 2.50. The molecule has 0 amide bonds. The van der Waals surface area contributed by atoms with Crippen LogP contribution in [0.2, 0.25) is 0 Å². The summed E-state index contributed by atoms with van der Waals surface area (Å²) in [5.74, 6) is 0.730. The van der Waals surface area contributed by atoms with Crippen molar-refractivity contribution in [1.82, 2.24) is 0 Å². The minimum absolute atomic E-state index is 0.247. The van der Waals surface area contributed by atoms with Crippen molar-refractivity contribution in [2.45, 2.75) is 18.9 Å². The van der Waals surface area contributed by atoms with Crippen molar-refractivity contribution in [3.05, 3.63) is 16.3 Å². The van der Waals surface area contributed by atoms with Gasteiger partial charge in [-0.3, -0.25) is 0 Å². The zero-order valence-electron chi connectivity index (χ0n) is 6.29. The van der Waals surface area contributed by atoms with Crippen LogP contribution in [0.15, 0.2) is 11.4 Å². The van der Waals surface area contributed by atoms with Gasteiger partial charge in [-0.15, -0.1) is 11.3 Å². The molecule has 4 N–H and O–H groups in total. The van der Waals surface area contributed by atoms with E-state index in [-0.39, 0.29) is 6.04 Å². The van der Waals surface area contributed by atoms with E-state index in [2.05, 4.69) is 0 Å². The molecule has 1 aromatic rings. The summed E-state index contributed by atoms with van der Waals surface area (Å²) in [7, 11) is 0. The summed E-state index contributed by atoms with van der Waals surface area (Å²) in [5.41, 5.74) is 12.4. The normalized spacial score (nSPS) is 20.1. The predicted octanol–water partition coefficient (Wildman–Crippen LogP) is 1.74. The first kappa shape index (κ1) is 7.13. The fourth-order valence-corrected chi connectivity index (χ4v) is 2.12. The third-order valence-corrected chi connectivity index (χ3v) is 3.15. The van der Waals surface area contributed by atoms with Crippen LogP contribution in [0.3, 0.4) is 0 Å².